The number of ether oxygens (including phenoxy) is 3. The third-order valence-electron chi connectivity index (χ3n) is 7.75. The Hall–Kier alpha value is -3.26. The minimum atomic E-state index is -1.27. The molecule has 256 valence electrons. The van der Waals surface area contributed by atoms with Crippen LogP contribution in [0.3, 0.4) is 0 Å². The van der Waals surface area contributed by atoms with Crippen molar-refractivity contribution in [2.45, 2.75) is 86.0 Å². The van der Waals surface area contributed by atoms with Crippen LogP contribution in [0.15, 0.2) is 33.7 Å². The molecule has 3 aliphatic rings. The van der Waals surface area contributed by atoms with E-state index in [0.717, 1.165) is 56.2 Å². The molecule has 0 radical (unpaired) electrons. The van der Waals surface area contributed by atoms with Gasteiger partial charge >= 0.3 is 12.1 Å². The Kier molecular flexibility index (Phi) is 12.1. The number of carbonyl (C=O) groups is 4. The van der Waals surface area contributed by atoms with E-state index in [1.807, 2.05) is 19.0 Å². The van der Waals surface area contributed by atoms with E-state index in [1.165, 1.54) is 35.3 Å². The van der Waals surface area contributed by atoms with Crippen LogP contribution in [0.2, 0.25) is 0 Å². The van der Waals surface area contributed by atoms with Crippen LogP contribution < -0.4 is 10.5 Å². The number of aromatic nitrogens is 5. The van der Waals surface area contributed by atoms with Crippen LogP contribution in [0.4, 0.5) is 4.79 Å². The molecule has 4 heterocycles. The molecular formula is C28H39N9O7S3. The summed E-state index contributed by atoms with van der Waals surface area (Å²) in [7, 11) is 3.90. The molecule has 2 amide bonds. The molecule has 4 N–H and O–H groups in total. The third kappa shape index (κ3) is 9.01. The van der Waals surface area contributed by atoms with Crippen LogP contribution in [0, 0.1) is 0 Å². The topological polar surface area (TPSA) is 200 Å². The van der Waals surface area contributed by atoms with Crippen molar-refractivity contribution < 1.29 is 33.4 Å². The van der Waals surface area contributed by atoms with Crippen molar-refractivity contribution >= 4 is 59.4 Å². The first kappa shape index (κ1) is 35.1. The van der Waals surface area contributed by atoms with Gasteiger partial charge in [-0.1, -0.05) is 18.2 Å². The summed E-state index contributed by atoms with van der Waals surface area (Å²) in [4.78, 5) is 58.7. The number of carbonyl (C=O) groups excluding carboxylic acids is 4. The van der Waals surface area contributed by atoms with Gasteiger partial charge < -0.3 is 29.4 Å². The summed E-state index contributed by atoms with van der Waals surface area (Å²) in [6.45, 7) is 2.71. The summed E-state index contributed by atoms with van der Waals surface area (Å²) in [5.41, 5.74) is 1.40. The number of hydrogen-bond donors (Lipinski definition) is 3. The molecule has 0 aromatic carbocycles. The van der Waals surface area contributed by atoms with Gasteiger partial charge in [-0.3, -0.25) is 19.6 Å². The molecule has 2 aromatic rings. The molecule has 1 saturated carbocycles. The number of β-lactam (4-membered cyclic amide) rings is 1. The number of likely N-dealkylation sites (N-methyl/N-ethyl adjacent to an activating group) is 1. The molecule has 2 aliphatic heterocycles. The van der Waals surface area contributed by atoms with Crippen molar-refractivity contribution in [2.24, 2.45) is 5.14 Å². The van der Waals surface area contributed by atoms with Gasteiger partial charge in [0.25, 0.3) is 5.91 Å². The number of nitrogens with one attached hydrogen (secondary N) is 2. The highest BCUT2D eigenvalue weighted by atomic mass is 32.2. The Morgan fingerprint density at radius 1 is 1.23 bits per heavy atom. The van der Waals surface area contributed by atoms with E-state index in [-0.39, 0.29) is 24.1 Å². The lowest BCUT2D eigenvalue weighted by molar-refractivity contribution is -0.170. The maximum absolute atomic E-state index is 13.7. The Bertz CT molecular complexity index is 1480. The number of thioether (sulfide) groups is 2. The van der Waals surface area contributed by atoms with Crippen LogP contribution in [-0.4, -0.2) is 115 Å². The summed E-state index contributed by atoms with van der Waals surface area (Å²) in [6, 6.07) is 0.935. The van der Waals surface area contributed by atoms with Crippen LogP contribution in [0.5, 0.6) is 0 Å². The number of H-pyrrole nitrogens is 1. The van der Waals surface area contributed by atoms with Gasteiger partial charge in [-0.15, -0.1) is 16.9 Å². The van der Waals surface area contributed by atoms with Crippen LogP contribution in [0.25, 0.3) is 0 Å². The molecular weight excluding hydrogens is 671 g/mol. The Morgan fingerprint density at radius 2 is 2.02 bits per heavy atom. The van der Waals surface area contributed by atoms with Crippen molar-refractivity contribution in [2.75, 3.05) is 32.1 Å². The number of nitrogens with two attached hydrogens (primary N) is 1. The SMILES string of the molecule is CC(OC(=O)OC1CCCCC1)OC(=O)C1=C(CSc2nnnn2CCN(C)C)CS[C@@H]2[C@H](NC(=O)Cc3c[nH]c(SN)c3)C(=O)N12. The molecule has 19 heteroatoms. The third-order valence-corrected chi connectivity index (χ3v) is 10.6. The van der Waals surface area contributed by atoms with E-state index in [0.29, 0.717) is 33.8 Å². The lowest BCUT2D eigenvalue weighted by atomic mass is 9.98. The molecule has 2 fully saturated rings. The largest absolute Gasteiger partial charge is 0.511 e. The average molecular weight is 710 g/mol. The summed E-state index contributed by atoms with van der Waals surface area (Å²) in [5.74, 6) is -0.938. The number of aromatic amines is 1. The predicted molar refractivity (Wildman–Crippen MR) is 174 cm³/mol. The van der Waals surface area contributed by atoms with E-state index in [1.54, 1.807) is 16.9 Å². The summed E-state index contributed by atoms with van der Waals surface area (Å²) in [5, 5.41) is 21.1. The molecule has 47 heavy (non-hydrogen) atoms. The van der Waals surface area contributed by atoms with Crippen LogP contribution in [0.1, 0.15) is 44.6 Å². The molecule has 0 spiro atoms. The quantitative estimate of drug-likeness (QED) is 0.0844. The first-order chi connectivity index (χ1) is 22.6. The second-order valence-electron chi connectivity index (χ2n) is 11.6. The van der Waals surface area contributed by atoms with Gasteiger partial charge in [-0.25, -0.2) is 14.3 Å². The van der Waals surface area contributed by atoms with Crippen molar-refractivity contribution in [3.8, 4) is 0 Å². The predicted octanol–water partition coefficient (Wildman–Crippen LogP) is 1.89. The average Bonchev–Trinajstić information content (AvgIpc) is 3.70. The van der Waals surface area contributed by atoms with E-state index in [2.05, 4.69) is 25.8 Å². The number of esters is 1. The summed E-state index contributed by atoms with van der Waals surface area (Å²) in [6.07, 6.45) is 3.93. The lowest BCUT2D eigenvalue weighted by Gasteiger charge is -2.49. The monoisotopic (exact) mass is 709 g/mol. The van der Waals surface area contributed by atoms with Gasteiger partial charge in [0, 0.05) is 31.2 Å². The number of hydrogen-bond acceptors (Lipinski definition) is 15. The molecule has 2 aromatic heterocycles. The Labute approximate surface area is 284 Å². The van der Waals surface area contributed by atoms with Crippen LogP contribution in [-0.2, 0) is 41.6 Å². The maximum atomic E-state index is 13.7. The fourth-order valence-corrected chi connectivity index (χ4v) is 8.11. The van der Waals surface area contributed by atoms with Gasteiger partial charge in [-0.05, 0) is 79.4 Å². The van der Waals surface area contributed by atoms with Gasteiger partial charge in [0.15, 0.2) is 0 Å². The van der Waals surface area contributed by atoms with E-state index in [9.17, 15) is 19.2 Å². The summed E-state index contributed by atoms with van der Waals surface area (Å²) < 4.78 is 17.8. The zero-order valence-electron chi connectivity index (χ0n) is 26.4. The maximum Gasteiger partial charge on any atom is 0.511 e. The van der Waals surface area contributed by atoms with Gasteiger partial charge in [0.2, 0.25) is 17.4 Å². The highest BCUT2D eigenvalue weighted by Gasteiger charge is 2.54. The normalized spacial score (nSPS) is 20.4. The zero-order valence-corrected chi connectivity index (χ0v) is 28.8. The molecule has 1 saturated heterocycles. The second-order valence-corrected chi connectivity index (χ2v) is 14.3. The highest BCUT2D eigenvalue weighted by molar-refractivity contribution is 8.01. The summed E-state index contributed by atoms with van der Waals surface area (Å²) >= 11 is 3.80. The number of amides is 2. The highest BCUT2D eigenvalue weighted by Crippen LogP contribution is 2.42. The van der Waals surface area contributed by atoms with Gasteiger partial charge in [-0.2, -0.15) is 0 Å². The van der Waals surface area contributed by atoms with Crippen molar-refractivity contribution in [1.82, 2.24) is 40.3 Å². The van der Waals surface area contributed by atoms with Crippen molar-refractivity contribution in [3.05, 3.63) is 29.1 Å². The lowest BCUT2D eigenvalue weighted by Crippen LogP contribution is -2.70. The number of rotatable bonds is 14. The first-order valence-electron chi connectivity index (χ1n) is 15.2. The first-order valence-corrected chi connectivity index (χ1v) is 18.2. The van der Waals surface area contributed by atoms with Crippen molar-refractivity contribution in [1.29, 1.82) is 0 Å². The van der Waals surface area contributed by atoms with E-state index >= 15 is 0 Å². The van der Waals surface area contributed by atoms with E-state index < -0.39 is 35.7 Å². The minimum Gasteiger partial charge on any atom is -0.431 e. The number of nitrogens with zero attached hydrogens (tertiary/aromatic N) is 6. The smallest absolute Gasteiger partial charge is 0.431 e. The second kappa shape index (κ2) is 16.2. The molecule has 1 aliphatic carbocycles. The standard InChI is InChI=1S/C28H39N9O7S3/c1-16(43-28(41)44-19-7-5-4-6-8-19)42-26(40)23-18(15-46-27-32-33-34-36(27)10-9-35(2)3)14-45-25-22(24(39)37(23)25)31-20(38)11-17-12-21(47-29)30-13-17/h12-13,16,19,22,25,30H,4-11,14-15,29H2,1-3H3,(H,31,38)/t16?,22-,25-/m1/s1. The van der Waals surface area contributed by atoms with Gasteiger partial charge in [0.05, 0.1) is 18.0 Å². The number of tetrazole rings is 1. The molecule has 1 unspecified atom stereocenters. The zero-order chi connectivity index (χ0) is 33.5. The van der Waals surface area contributed by atoms with Crippen molar-refractivity contribution in [3.63, 3.8) is 0 Å². The van der Waals surface area contributed by atoms with E-state index in [4.69, 9.17) is 19.3 Å². The van der Waals surface area contributed by atoms with Gasteiger partial charge in [0.1, 0.15) is 23.2 Å². The minimum absolute atomic E-state index is 0.0513. The molecule has 3 atom stereocenters. The molecule has 16 nitrogen and oxygen atoms in total. The fourth-order valence-electron chi connectivity index (χ4n) is 5.38. The molecule has 5 rings (SSSR count). The molecule has 0 bridgehead atoms. The Morgan fingerprint density at radius 3 is 2.74 bits per heavy atom. The van der Waals surface area contributed by atoms with Crippen LogP contribution >= 0.6 is 35.5 Å². The number of fused-ring (bicyclic) bond motifs is 1. The fraction of sp³-hybridized carbons (Fsp3) is 0.607. The Balaban J connectivity index is 1.27.